The first-order chi connectivity index (χ1) is 18.1. The summed E-state index contributed by atoms with van der Waals surface area (Å²) in [5, 5.41) is 0. The van der Waals surface area contributed by atoms with E-state index in [4.69, 9.17) is 4.74 Å². The lowest BCUT2D eigenvalue weighted by molar-refractivity contribution is -0.659. The SMILES string of the molecule is CCC1(CC)c2ccccc2-c2ccc(-c3ccc(-c4cccc(Oc5ccccn5)c4)[n+](C)c3)cc21. The summed E-state index contributed by atoms with van der Waals surface area (Å²) in [7, 11) is 2.11. The molecule has 0 radical (unpaired) electrons. The Bertz CT molecular complexity index is 1590. The standard InChI is InChI=1S/C34H31N2O/c1-4-34(5-2)30-14-7-6-13-28(30)29-18-16-24(22-31(29)34)26-17-19-32(36(3)23-26)25-11-10-12-27(21-25)37-33-15-8-9-20-35-33/h6-23H,4-5H2,1-3H3/q+1. The molecule has 6 rings (SSSR count). The Balaban J connectivity index is 1.35. The number of ether oxygens (including phenoxy) is 1. The van der Waals surface area contributed by atoms with Crippen LogP contribution < -0.4 is 9.30 Å². The summed E-state index contributed by atoms with van der Waals surface area (Å²) in [5.74, 6) is 1.36. The topological polar surface area (TPSA) is 26.0 Å². The minimum atomic E-state index is 0.0815. The van der Waals surface area contributed by atoms with Crippen molar-refractivity contribution in [2.24, 2.45) is 7.05 Å². The number of aryl methyl sites for hydroxylation is 1. The molecule has 0 saturated heterocycles. The third-order valence-corrected chi connectivity index (χ3v) is 7.93. The number of pyridine rings is 2. The minimum Gasteiger partial charge on any atom is -0.439 e. The molecule has 0 bridgehead atoms. The van der Waals surface area contributed by atoms with E-state index in [1.807, 2.05) is 30.3 Å². The zero-order chi connectivity index (χ0) is 25.4. The Kier molecular flexibility index (Phi) is 5.84. The van der Waals surface area contributed by atoms with E-state index < -0.39 is 0 Å². The summed E-state index contributed by atoms with van der Waals surface area (Å²) in [6.07, 6.45) is 6.16. The van der Waals surface area contributed by atoms with Crippen LogP contribution in [0.4, 0.5) is 0 Å². The molecule has 3 nitrogen and oxygen atoms in total. The lowest BCUT2D eigenvalue weighted by atomic mass is 9.73. The van der Waals surface area contributed by atoms with Crippen LogP contribution in [0.25, 0.3) is 33.5 Å². The van der Waals surface area contributed by atoms with E-state index in [0.29, 0.717) is 5.88 Å². The van der Waals surface area contributed by atoms with Crippen molar-refractivity contribution in [3.63, 3.8) is 0 Å². The smallest absolute Gasteiger partial charge is 0.219 e. The van der Waals surface area contributed by atoms with Crippen LogP contribution in [0.3, 0.4) is 0 Å². The lowest BCUT2D eigenvalue weighted by Crippen LogP contribution is -2.30. The number of benzene rings is 3. The molecule has 1 aliphatic carbocycles. The molecule has 1 aliphatic rings. The molecule has 0 saturated carbocycles. The second-order valence-electron chi connectivity index (χ2n) is 9.81. The Morgan fingerprint density at radius 3 is 2.27 bits per heavy atom. The Morgan fingerprint density at radius 2 is 1.49 bits per heavy atom. The molecular weight excluding hydrogens is 452 g/mol. The highest BCUT2D eigenvalue weighted by Gasteiger charge is 2.40. The minimum absolute atomic E-state index is 0.0815. The number of aromatic nitrogens is 2. The zero-order valence-electron chi connectivity index (χ0n) is 21.6. The van der Waals surface area contributed by atoms with Crippen molar-refractivity contribution in [3.8, 4) is 45.1 Å². The van der Waals surface area contributed by atoms with Crippen molar-refractivity contribution in [2.45, 2.75) is 32.1 Å². The Hall–Kier alpha value is -4.24. The quantitative estimate of drug-likeness (QED) is 0.228. The molecule has 2 heterocycles. The molecular formula is C34H31N2O+. The van der Waals surface area contributed by atoms with Crippen molar-refractivity contribution in [3.05, 3.63) is 121 Å². The fourth-order valence-electron chi connectivity index (χ4n) is 5.97. The molecule has 182 valence electrons. The molecule has 0 fully saturated rings. The fourth-order valence-corrected chi connectivity index (χ4v) is 5.97. The van der Waals surface area contributed by atoms with Gasteiger partial charge in [-0.05, 0) is 77.1 Å². The summed E-state index contributed by atoms with van der Waals surface area (Å²) in [6.45, 7) is 4.64. The van der Waals surface area contributed by atoms with Crippen molar-refractivity contribution in [1.29, 1.82) is 0 Å². The first-order valence-electron chi connectivity index (χ1n) is 13.1. The van der Waals surface area contributed by atoms with Gasteiger partial charge in [0.25, 0.3) is 0 Å². The van der Waals surface area contributed by atoms with E-state index in [-0.39, 0.29) is 5.41 Å². The fraction of sp³-hybridized carbons (Fsp3) is 0.176. The molecule has 0 aliphatic heterocycles. The number of fused-ring (bicyclic) bond motifs is 3. The monoisotopic (exact) mass is 483 g/mol. The van der Waals surface area contributed by atoms with E-state index in [9.17, 15) is 0 Å². The first-order valence-corrected chi connectivity index (χ1v) is 13.1. The van der Waals surface area contributed by atoms with Crippen LogP contribution in [-0.2, 0) is 12.5 Å². The van der Waals surface area contributed by atoms with Gasteiger partial charge in [-0.2, -0.15) is 0 Å². The van der Waals surface area contributed by atoms with E-state index in [2.05, 4.69) is 103 Å². The zero-order valence-corrected chi connectivity index (χ0v) is 21.6. The highest BCUT2D eigenvalue weighted by Crippen LogP contribution is 2.53. The third-order valence-electron chi connectivity index (χ3n) is 7.93. The van der Waals surface area contributed by atoms with Gasteiger partial charge < -0.3 is 4.74 Å². The molecule has 37 heavy (non-hydrogen) atoms. The van der Waals surface area contributed by atoms with E-state index in [1.54, 1.807) is 6.20 Å². The highest BCUT2D eigenvalue weighted by molar-refractivity contribution is 5.83. The third kappa shape index (κ3) is 3.92. The van der Waals surface area contributed by atoms with Gasteiger partial charge in [-0.1, -0.05) is 62.4 Å². The maximum atomic E-state index is 5.96. The normalized spacial score (nSPS) is 13.2. The van der Waals surface area contributed by atoms with Gasteiger partial charge in [0, 0.05) is 34.9 Å². The van der Waals surface area contributed by atoms with Crippen LogP contribution in [0.1, 0.15) is 37.8 Å². The van der Waals surface area contributed by atoms with Crippen LogP contribution >= 0.6 is 0 Å². The van der Waals surface area contributed by atoms with Crippen molar-refractivity contribution >= 4 is 0 Å². The summed E-state index contributed by atoms with van der Waals surface area (Å²) in [5.41, 5.74) is 10.5. The van der Waals surface area contributed by atoms with Gasteiger partial charge in [0.1, 0.15) is 12.8 Å². The van der Waals surface area contributed by atoms with Crippen LogP contribution in [-0.4, -0.2) is 4.98 Å². The molecule has 5 aromatic rings. The summed E-state index contributed by atoms with van der Waals surface area (Å²) >= 11 is 0. The molecule has 0 unspecified atom stereocenters. The highest BCUT2D eigenvalue weighted by atomic mass is 16.5. The molecule has 2 aromatic heterocycles. The second kappa shape index (κ2) is 9.33. The average Bonchev–Trinajstić information content (AvgIpc) is 3.23. The Morgan fingerprint density at radius 1 is 0.703 bits per heavy atom. The number of hydrogen-bond acceptors (Lipinski definition) is 2. The molecule has 0 amide bonds. The van der Waals surface area contributed by atoms with E-state index in [0.717, 1.165) is 29.8 Å². The van der Waals surface area contributed by atoms with Crippen LogP contribution in [0.15, 0.2) is 109 Å². The molecule has 0 N–H and O–H groups in total. The maximum absolute atomic E-state index is 5.96. The van der Waals surface area contributed by atoms with Crippen LogP contribution in [0.5, 0.6) is 11.6 Å². The lowest BCUT2D eigenvalue weighted by Gasteiger charge is -2.29. The van der Waals surface area contributed by atoms with Gasteiger partial charge in [-0.15, -0.1) is 0 Å². The van der Waals surface area contributed by atoms with Gasteiger partial charge in [0.05, 0.1) is 0 Å². The van der Waals surface area contributed by atoms with Gasteiger partial charge in [0.2, 0.25) is 11.6 Å². The van der Waals surface area contributed by atoms with E-state index in [1.165, 1.54) is 33.4 Å². The Labute approximate surface area is 219 Å². The number of rotatable bonds is 6. The first kappa shape index (κ1) is 23.2. The van der Waals surface area contributed by atoms with Crippen LogP contribution in [0.2, 0.25) is 0 Å². The molecule has 3 aromatic carbocycles. The largest absolute Gasteiger partial charge is 0.439 e. The van der Waals surface area contributed by atoms with Gasteiger partial charge >= 0.3 is 0 Å². The summed E-state index contributed by atoms with van der Waals surface area (Å²) in [6, 6.07) is 34.2. The van der Waals surface area contributed by atoms with E-state index >= 15 is 0 Å². The van der Waals surface area contributed by atoms with Gasteiger partial charge in [-0.25, -0.2) is 9.55 Å². The second-order valence-corrected chi connectivity index (χ2v) is 9.81. The van der Waals surface area contributed by atoms with Crippen LogP contribution in [0, 0.1) is 0 Å². The molecule has 0 spiro atoms. The maximum Gasteiger partial charge on any atom is 0.219 e. The predicted octanol–water partition coefficient (Wildman–Crippen LogP) is 8.12. The van der Waals surface area contributed by atoms with Crippen molar-refractivity contribution < 1.29 is 9.30 Å². The number of nitrogens with zero attached hydrogens (tertiary/aromatic N) is 2. The summed E-state index contributed by atoms with van der Waals surface area (Å²) < 4.78 is 8.16. The number of hydrogen-bond donors (Lipinski definition) is 0. The van der Waals surface area contributed by atoms with Crippen molar-refractivity contribution in [2.75, 3.05) is 0 Å². The molecule has 3 heteroatoms. The summed E-state index contributed by atoms with van der Waals surface area (Å²) in [4.78, 5) is 4.27. The van der Waals surface area contributed by atoms with Gasteiger partial charge in [-0.3, -0.25) is 0 Å². The van der Waals surface area contributed by atoms with Gasteiger partial charge in [0.15, 0.2) is 6.20 Å². The molecule has 0 atom stereocenters. The van der Waals surface area contributed by atoms with Crippen molar-refractivity contribution in [1.82, 2.24) is 4.98 Å². The average molecular weight is 484 g/mol. The predicted molar refractivity (Wildman–Crippen MR) is 150 cm³/mol.